The molecule has 0 unspecified atom stereocenters. The number of benzene rings is 1. The van der Waals surface area contributed by atoms with E-state index in [1.54, 1.807) is 24.5 Å². The Kier molecular flexibility index (Phi) is 3.70. The van der Waals surface area contributed by atoms with Gasteiger partial charge in [0.15, 0.2) is 11.5 Å². The molecule has 2 aromatic heterocycles. The molecule has 24 heavy (non-hydrogen) atoms. The summed E-state index contributed by atoms with van der Waals surface area (Å²) in [5.74, 6) is 1.11. The number of hydrogen-bond donors (Lipinski definition) is 1. The zero-order valence-electron chi connectivity index (χ0n) is 12.8. The lowest BCUT2D eigenvalue weighted by atomic mass is 10.1. The number of amides is 1. The van der Waals surface area contributed by atoms with Gasteiger partial charge in [-0.3, -0.25) is 9.78 Å². The average molecular weight is 321 g/mol. The van der Waals surface area contributed by atoms with Crippen molar-refractivity contribution in [3.05, 3.63) is 66.1 Å². The Labute approximate surface area is 138 Å². The van der Waals surface area contributed by atoms with Crippen molar-refractivity contribution in [3.63, 3.8) is 0 Å². The summed E-state index contributed by atoms with van der Waals surface area (Å²) in [4.78, 5) is 16.2. The van der Waals surface area contributed by atoms with E-state index in [0.29, 0.717) is 12.3 Å². The van der Waals surface area contributed by atoms with Crippen molar-refractivity contribution in [1.82, 2.24) is 15.5 Å². The number of ether oxygens (including phenoxy) is 1. The number of rotatable bonds is 4. The predicted molar refractivity (Wildman–Crippen MR) is 86.6 cm³/mol. The molecule has 1 aliphatic heterocycles. The second-order valence-electron chi connectivity index (χ2n) is 5.58. The fraction of sp³-hybridized carbons (Fsp3) is 0.167. The van der Waals surface area contributed by atoms with Crippen LogP contribution in [0.2, 0.25) is 0 Å². The second-order valence-corrected chi connectivity index (χ2v) is 5.58. The number of nitrogens with one attached hydrogen (secondary N) is 1. The monoisotopic (exact) mass is 321 g/mol. The third-order valence-corrected chi connectivity index (χ3v) is 3.89. The first-order chi connectivity index (χ1) is 11.8. The summed E-state index contributed by atoms with van der Waals surface area (Å²) in [5, 5.41) is 6.66. The van der Waals surface area contributed by atoms with Crippen LogP contribution in [-0.2, 0) is 6.42 Å². The number of carbonyl (C=O) groups excluding carboxylic acids is 1. The standard InChI is InChI=1S/C18H15N3O3/c22-18(15-9-17(24-21-15)13-5-3-7-19-10-13)20-11-14-8-12-4-1-2-6-16(12)23-14/h1-7,9-10,14H,8,11H2,(H,20,22)/t14-/m0/s1. The number of fused-ring (bicyclic) bond motifs is 1. The Morgan fingerprint density at radius 1 is 1.25 bits per heavy atom. The van der Waals surface area contributed by atoms with Crippen molar-refractivity contribution in [2.75, 3.05) is 6.54 Å². The van der Waals surface area contributed by atoms with E-state index in [1.165, 1.54) is 0 Å². The highest BCUT2D eigenvalue weighted by Gasteiger charge is 2.23. The third kappa shape index (κ3) is 2.86. The van der Waals surface area contributed by atoms with Gasteiger partial charge >= 0.3 is 0 Å². The summed E-state index contributed by atoms with van der Waals surface area (Å²) in [5.41, 5.74) is 2.18. The Hall–Kier alpha value is -3.15. The number of aromatic nitrogens is 2. The second kappa shape index (κ2) is 6.16. The summed E-state index contributed by atoms with van der Waals surface area (Å²) in [6.07, 6.45) is 4.06. The van der Waals surface area contributed by atoms with E-state index in [0.717, 1.165) is 23.3 Å². The quantitative estimate of drug-likeness (QED) is 0.799. The minimum absolute atomic E-state index is 0.0592. The highest BCUT2D eigenvalue weighted by Crippen LogP contribution is 2.27. The molecule has 3 heterocycles. The van der Waals surface area contributed by atoms with Crippen LogP contribution in [0.15, 0.2) is 59.4 Å². The van der Waals surface area contributed by atoms with Gasteiger partial charge in [-0.15, -0.1) is 0 Å². The summed E-state index contributed by atoms with van der Waals surface area (Å²) in [6.45, 7) is 0.419. The summed E-state index contributed by atoms with van der Waals surface area (Å²) >= 11 is 0. The SMILES string of the molecule is O=C(NC[C@@H]1Cc2ccccc2O1)c1cc(-c2cccnc2)on1. The minimum Gasteiger partial charge on any atom is -0.488 e. The van der Waals surface area contributed by atoms with Gasteiger partial charge in [-0.05, 0) is 23.8 Å². The highest BCUT2D eigenvalue weighted by molar-refractivity contribution is 5.93. The largest absolute Gasteiger partial charge is 0.488 e. The van der Waals surface area contributed by atoms with Gasteiger partial charge in [0.1, 0.15) is 11.9 Å². The number of carbonyl (C=O) groups is 1. The van der Waals surface area contributed by atoms with Crippen LogP contribution < -0.4 is 10.1 Å². The van der Waals surface area contributed by atoms with E-state index < -0.39 is 0 Å². The normalized spacial score (nSPS) is 15.6. The zero-order chi connectivity index (χ0) is 16.4. The molecule has 1 aliphatic rings. The minimum atomic E-state index is -0.284. The molecule has 0 aliphatic carbocycles. The lowest BCUT2D eigenvalue weighted by molar-refractivity contribution is 0.0924. The maximum absolute atomic E-state index is 12.2. The first-order valence-corrected chi connectivity index (χ1v) is 7.69. The van der Waals surface area contributed by atoms with E-state index in [9.17, 15) is 4.79 Å². The smallest absolute Gasteiger partial charge is 0.273 e. The third-order valence-electron chi connectivity index (χ3n) is 3.89. The molecule has 1 aromatic carbocycles. The molecule has 3 aromatic rings. The van der Waals surface area contributed by atoms with Gasteiger partial charge in [0.2, 0.25) is 0 Å². The van der Waals surface area contributed by atoms with Crippen molar-refractivity contribution < 1.29 is 14.1 Å². The Morgan fingerprint density at radius 3 is 3.00 bits per heavy atom. The molecule has 4 rings (SSSR count). The number of nitrogens with zero attached hydrogens (tertiary/aromatic N) is 2. The first-order valence-electron chi connectivity index (χ1n) is 7.69. The summed E-state index contributed by atoms with van der Waals surface area (Å²) in [7, 11) is 0. The maximum atomic E-state index is 12.2. The van der Waals surface area contributed by atoms with Crippen molar-refractivity contribution in [2.45, 2.75) is 12.5 Å². The Morgan fingerprint density at radius 2 is 2.17 bits per heavy atom. The maximum Gasteiger partial charge on any atom is 0.273 e. The van der Waals surface area contributed by atoms with Gasteiger partial charge in [-0.25, -0.2) is 0 Å². The molecule has 0 saturated carbocycles. The van der Waals surface area contributed by atoms with Gasteiger partial charge in [-0.2, -0.15) is 0 Å². The van der Waals surface area contributed by atoms with Crippen LogP contribution in [0.25, 0.3) is 11.3 Å². The van der Waals surface area contributed by atoms with E-state index in [1.807, 2.05) is 30.3 Å². The molecule has 120 valence electrons. The fourth-order valence-corrected chi connectivity index (χ4v) is 2.69. The molecule has 1 atom stereocenters. The van der Waals surface area contributed by atoms with Crippen molar-refractivity contribution in [1.29, 1.82) is 0 Å². The average Bonchev–Trinajstić information content (AvgIpc) is 3.27. The predicted octanol–water partition coefficient (Wildman–Crippen LogP) is 2.47. The van der Waals surface area contributed by atoms with Crippen LogP contribution in [0, 0.1) is 0 Å². The zero-order valence-corrected chi connectivity index (χ0v) is 12.8. The van der Waals surface area contributed by atoms with Gasteiger partial charge in [0.05, 0.1) is 6.54 Å². The molecule has 1 amide bonds. The topological polar surface area (TPSA) is 77.2 Å². The summed E-state index contributed by atoms with van der Waals surface area (Å²) < 4.78 is 11.0. The van der Waals surface area contributed by atoms with Crippen molar-refractivity contribution in [2.24, 2.45) is 0 Å². The Balaban J connectivity index is 1.37. The van der Waals surface area contributed by atoms with Crippen LogP contribution in [0.5, 0.6) is 5.75 Å². The molecule has 0 spiro atoms. The molecule has 0 bridgehead atoms. The van der Waals surface area contributed by atoms with Crippen LogP contribution >= 0.6 is 0 Å². The lowest BCUT2D eigenvalue weighted by Gasteiger charge is -2.10. The molecular formula is C18H15N3O3. The van der Waals surface area contributed by atoms with Crippen LogP contribution in [0.4, 0.5) is 0 Å². The molecule has 6 nitrogen and oxygen atoms in total. The molecule has 0 fully saturated rings. The van der Waals surface area contributed by atoms with Gasteiger partial charge in [-0.1, -0.05) is 23.4 Å². The van der Waals surface area contributed by atoms with E-state index in [4.69, 9.17) is 9.26 Å². The molecule has 0 radical (unpaired) electrons. The number of hydrogen-bond acceptors (Lipinski definition) is 5. The van der Waals surface area contributed by atoms with E-state index in [2.05, 4.69) is 15.5 Å². The first kappa shape index (κ1) is 14.4. The van der Waals surface area contributed by atoms with Gasteiger partial charge in [0, 0.05) is 30.4 Å². The van der Waals surface area contributed by atoms with Crippen molar-refractivity contribution in [3.8, 4) is 17.1 Å². The fourth-order valence-electron chi connectivity index (χ4n) is 2.69. The molecule has 1 N–H and O–H groups in total. The molecule has 0 saturated heterocycles. The van der Waals surface area contributed by atoms with E-state index >= 15 is 0 Å². The number of para-hydroxylation sites is 1. The van der Waals surface area contributed by atoms with E-state index in [-0.39, 0.29) is 17.7 Å². The molecular weight excluding hydrogens is 306 g/mol. The van der Waals surface area contributed by atoms with Crippen LogP contribution in [0.1, 0.15) is 16.1 Å². The lowest BCUT2D eigenvalue weighted by Crippen LogP contribution is -2.34. The van der Waals surface area contributed by atoms with Gasteiger partial charge < -0.3 is 14.6 Å². The Bertz CT molecular complexity index is 836. The number of pyridine rings is 1. The summed E-state index contributed by atoms with van der Waals surface area (Å²) in [6, 6.07) is 13.2. The highest BCUT2D eigenvalue weighted by atomic mass is 16.5. The van der Waals surface area contributed by atoms with Crippen molar-refractivity contribution >= 4 is 5.91 Å². The van der Waals surface area contributed by atoms with Crippen LogP contribution in [0.3, 0.4) is 0 Å². The molecule has 6 heteroatoms. The van der Waals surface area contributed by atoms with Crippen LogP contribution in [-0.4, -0.2) is 28.7 Å². The van der Waals surface area contributed by atoms with Gasteiger partial charge in [0.25, 0.3) is 5.91 Å².